The summed E-state index contributed by atoms with van der Waals surface area (Å²) in [6, 6.07) is 64.7. The third-order valence-electron chi connectivity index (χ3n) is 7.63. The maximum Gasteiger partial charge on any atom is 0.0485 e. The normalized spacial score (nSPS) is 12.6. The Morgan fingerprint density at radius 1 is 0.271 bits per heavy atom. The van der Waals surface area contributed by atoms with E-state index < -0.39 is 15.8 Å². The predicted octanol–water partition coefficient (Wildman–Crippen LogP) is 9.07. The minimum atomic E-state index is -0.446. The molecule has 0 atom stereocenters. The molecular formula is C45H37IrP2. The largest absolute Gasteiger partial charge is 0.0687 e. The summed E-state index contributed by atoms with van der Waals surface area (Å²) in [6.07, 6.45) is 14.7. The van der Waals surface area contributed by atoms with Crippen molar-refractivity contribution >= 4 is 47.7 Å². The van der Waals surface area contributed by atoms with Gasteiger partial charge in [0.25, 0.3) is 0 Å². The molecule has 2 aliphatic rings. The van der Waals surface area contributed by atoms with Crippen molar-refractivity contribution in [2.75, 3.05) is 0 Å². The van der Waals surface area contributed by atoms with Gasteiger partial charge in [-0.25, -0.2) is 0 Å². The summed E-state index contributed by atoms with van der Waals surface area (Å²) in [7, 11) is -0.892. The maximum atomic E-state index is 2.23. The predicted molar refractivity (Wildman–Crippen MR) is 209 cm³/mol. The van der Waals surface area contributed by atoms with Crippen molar-refractivity contribution in [3.05, 3.63) is 236 Å². The van der Waals surface area contributed by atoms with E-state index in [1.54, 1.807) is 0 Å². The molecule has 0 spiro atoms. The molecule has 0 bridgehead atoms. The van der Waals surface area contributed by atoms with Crippen LogP contribution in [0.1, 0.15) is 0 Å². The zero-order valence-electron chi connectivity index (χ0n) is 26.6. The van der Waals surface area contributed by atoms with Crippen LogP contribution >= 0.6 is 15.8 Å². The van der Waals surface area contributed by atoms with Crippen molar-refractivity contribution in [2.45, 2.75) is 0 Å². The molecule has 2 radical (unpaired) electrons. The fraction of sp³-hybridized carbons (Fsp3) is 0. The first-order valence-corrected chi connectivity index (χ1v) is 18.6. The van der Waals surface area contributed by atoms with E-state index in [2.05, 4.69) is 225 Å². The number of rotatable bonds is 6. The Hall–Kier alpha value is -4.21. The summed E-state index contributed by atoms with van der Waals surface area (Å²) < 4.78 is 0. The van der Waals surface area contributed by atoms with E-state index >= 15 is 0 Å². The van der Waals surface area contributed by atoms with Gasteiger partial charge in [0.15, 0.2) is 0 Å². The molecule has 6 aromatic rings. The second-order valence-corrected chi connectivity index (χ2v) is 15.3. The summed E-state index contributed by atoms with van der Waals surface area (Å²) in [5.74, 6) is 1.33. The number of hydrogen-bond acceptors (Lipinski definition) is 0. The molecule has 0 aromatic heterocycles. The van der Waals surface area contributed by atoms with Gasteiger partial charge in [-0.15, -0.1) is 0 Å². The van der Waals surface area contributed by atoms with Crippen LogP contribution in [0, 0.1) is 5.92 Å². The summed E-state index contributed by atoms with van der Waals surface area (Å²) in [6.45, 7) is 0. The van der Waals surface area contributed by atoms with E-state index in [0.29, 0.717) is 0 Å². The number of benzene rings is 6. The molecule has 0 fully saturated rings. The van der Waals surface area contributed by atoms with Crippen molar-refractivity contribution in [3.8, 4) is 0 Å². The second kappa shape index (κ2) is 19.0. The van der Waals surface area contributed by atoms with E-state index in [9.17, 15) is 0 Å². The van der Waals surface area contributed by atoms with Gasteiger partial charge in [-0.1, -0.05) is 225 Å². The van der Waals surface area contributed by atoms with E-state index in [0.717, 1.165) is 0 Å². The number of hydrogen-bond donors (Lipinski definition) is 0. The van der Waals surface area contributed by atoms with Crippen LogP contribution in [0.3, 0.4) is 0 Å². The van der Waals surface area contributed by atoms with Crippen LogP contribution in [0.15, 0.2) is 230 Å². The number of fused-ring (bicyclic) bond motifs is 1. The molecule has 0 N–H and O–H groups in total. The Bertz CT molecular complexity index is 1600. The summed E-state index contributed by atoms with van der Waals surface area (Å²) >= 11 is 0. The van der Waals surface area contributed by atoms with Gasteiger partial charge in [0.05, 0.1) is 0 Å². The third kappa shape index (κ3) is 9.67. The molecule has 0 saturated carbocycles. The molecule has 0 aliphatic heterocycles. The molecule has 0 unspecified atom stereocenters. The zero-order valence-corrected chi connectivity index (χ0v) is 30.8. The van der Waals surface area contributed by atoms with Crippen molar-refractivity contribution in [2.24, 2.45) is 0 Å². The van der Waals surface area contributed by atoms with Crippen LogP contribution in [-0.4, -0.2) is 0 Å². The third-order valence-corrected chi connectivity index (χ3v) is 12.5. The minimum Gasteiger partial charge on any atom is -0.0687 e. The van der Waals surface area contributed by atoms with E-state index in [4.69, 9.17) is 0 Å². The van der Waals surface area contributed by atoms with Crippen LogP contribution < -0.4 is 31.8 Å². The molecule has 0 saturated heterocycles. The van der Waals surface area contributed by atoms with Crippen LogP contribution in [0.2, 0.25) is 0 Å². The molecule has 8 rings (SSSR count). The molecule has 2 aliphatic carbocycles. The Labute approximate surface area is 302 Å². The molecule has 0 heterocycles. The molecule has 236 valence electrons. The minimum absolute atomic E-state index is 0. The van der Waals surface area contributed by atoms with Gasteiger partial charge in [-0.05, 0) is 53.2 Å². The van der Waals surface area contributed by atoms with Gasteiger partial charge in [-0.2, -0.15) is 0 Å². The Balaban J connectivity index is 0.000000148. The maximum absolute atomic E-state index is 2.23. The molecule has 3 heteroatoms. The monoisotopic (exact) mass is 832 g/mol. The van der Waals surface area contributed by atoms with E-state index in [1.165, 1.54) is 43.3 Å². The van der Waals surface area contributed by atoms with Crippen molar-refractivity contribution in [3.63, 3.8) is 0 Å². The van der Waals surface area contributed by atoms with Gasteiger partial charge in [0, 0.05) is 26.0 Å². The number of allylic oxidation sites excluding steroid dienone is 8. The van der Waals surface area contributed by atoms with E-state index in [1.807, 2.05) is 0 Å². The quantitative estimate of drug-likeness (QED) is 0.147. The van der Waals surface area contributed by atoms with Crippen LogP contribution in [0.5, 0.6) is 0 Å². The zero-order chi connectivity index (χ0) is 31.9. The standard InChI is InChI=1S/2C18H15P.C9H7.Ir/c2*1-4-10-16(11-5-1)19(17-12-6-2-7-13-17)18-14-8-3-9-15-18;1-2-5-9-7-3-6-8(9)4-1;/h2*1-15H;1-7H;. The smallest absolute Gasteiger partial charge is 0.0485 e. The fourth-order valence-electron chi connectivity index (χ4n) is 5.43. The van der Waals surface area contributed by atoms with Gasteiger partial charge < -0.3 is 0 Å². The van der Waals surface area contributed by atoms with Crippen molar-refractivity contribution < 1.29 is 20.1 Å². The van der Waals surface area contributed by atoms with Crippen molar-refractivity contribution in [1.82, 2.24) is 0 Å². The molecule has 0 nitrogen and oxygen atoms in total. The fourth-order valence-corrected chi connectivity index (χ4v) is 10.0. The Kier molecular flexibility index (Phi) is 13.9. The molecule has 0 amide bonds. The second-order valence-electron chi connectivity index (χ2n) is 10.8. The summed E-state index contributed by atoms with van der Waals surface area (Å²) in [4.78, 5) is 0. The molecule has 6 aromatic carbocycles. The van der Waals surface area contributed by atoms with Gasteiger partial charge in [0.2, 0.25) is 0 Å². The van der Waals surface area contributed by atoms with Crippen molar-refractivity contribution in [1.29, 1.82) is 0 Å². The first kappa shape index (κ1) is 35.1. The van der Waals surface area contributed by atoms with Crippen LogP contribution in [-0.2, 0) is 20.1 Å². The van der Waals surface area contributed by atoms with Gasteiger partial charge >= 0.3 is 0 Å². The Morgan fingerprint density at radius 3 is 0.792 bits per heavy atom. The average Bonchev–Trinajstić information content (AvgIpc) is 3.65. The van der Waals surface area contributed by atoms with Crippen LogP contribution in [0.4, 0.5) is 0 Å². The summed E-state index contributed by atoms with van der Waals surface area (Å²) in [5.41, 5.74) is 1.33. The van der Waals surface area contributed by atoms with E-state index in [-0.39, 0.29) is 20.1 Å². The average molecular weight is 832 g/mol. The topological polar surface area (TPSA) is 0 Å². The first-order valence-electron chi connectivity index (χ1n) is 15.9. The van der Waals surface area contributed by atoms with Gasteiger partial charge in [0.1, 0.15) is 0 Å². The molecular weight excluding hydrogens is 795 g/mol. The van der Waals surface area contributed by atoms with Gasteiger partial charge in [-0.3, -0.25) is 0 Å². The Morgan fingerprint density at radius 2 is 0.521 bits per heavy atom. The SMILES string of the molecule is C1=C[C]2C=CC=C2C=C1.[Ir].c1ccc(P(c2ccccc2)c2ccccc2)cc1.c1ccc(P(c2ccccc2)c2ccccc2)cc1. The summed E-state index contributed by atoms with van der Waals surface area (Å²) in [5, 5.41) is 8.39. The first-order chi connectivity index (χ1) is 23.4. The van der Waals surface area contributed by atoms with Crippen LogP contribution in [0.25, 0.3) is 0 Å². The molecule has 48 heavy (non-hydrogen) atoms.